The second-order valence-electron chi connectivity index (χ2n) is 5.17. The van der Waals surface area contributed by atoms with E-state index in [1.807, 2.05) is 18.3 Å². The van der Waals surface area contributed by atoms with Crippen LogP contribution < -0.4 is 4.74 Å². The first-order valence-electron chi connectivity index (χ1n) is 6.94. The summed E-state index contributed by atoms with van der Waals surface area (Å²) in [5.74, 6) is 0.718. The molecule has 0 amide bonds. The smallest absolute Gasteiger partial charge is 0.128 e. The number of hydrogen-bond acceptors (Lipinski definition) is 3. The number of ether oxygens (including phenoxy) is 1. The first-order valence-corrected chi connectivity index (χ1v) is 6.94. The van der Waals surface area contributed by atoms with Gasteiger partial charge in [-0.2, -0.15) is 10.4 Å². The summed E-state index contributed by atoms with van der Waals surface area (Å²) in [4.78, 5) is 0. The molecular weight excluding hydrogens is 250 g/mol. The van der Waals surface area contributed by atoms with Gasteiger partial charge in [-0.1, -0.05) is 12.8 Å². The van der Waals surface area contributed by atoms with E-state index in [2.05, 4.69) is 22.0 Å². The highest BCUT2D eigenvalue weighted by Crippen LogP contribution is 2.33. The van der Waals surface area contributed by atoms with Gasteiger partial charge in [-0.25, -0.2) is 0 Å². The monoisotopic (exact) mass is 267 g/mol. The van der Waals surface area contributed by atoms with Crippen molar-refractivity contribution in [1.29, 1.82) is 5.26 Å². The zero-order valence-electron chi connectivity index (χ0n) is 11.5. The largest absolute Gasteiger partial charge is 0.496 e. The van der Waals surface area contributed by atoms with Crippen LogP contribution in [0.3, 0.4) is 0 Å². The third-order valence-corrected chi connectivity index (χ3v) is 3.94. The fraction of sp³-hybridized carbons (Fsp3) is 0.375. The zero-order valence-corrected chi connectivity index (χ0v) is 11.5. The highest BCUT2D eigenvalue weighted by molar-refractivity contribution is 5.70. The molecule has 1 aromatic heterocycles. The van der Waals surface area contributed by atoms with Crippen molar-refractivity contribution in [3.8, 4) is 22.9 Å². The van der Waals surface area contributed by atoms with Crippen LogP contribution in [0.5, 0.6) is 5.75 Å². The summed E-state index contributed by atoms with van der Waals surface area (Å²) in [7, 11) is 1.63. The van der Waals surface area contributed by atoms with Crippen molar-refractivity contribution < 1.29 is 4.74 Å². The minimum absolute atomic E-state index is 0.535. The molecule has 1 aromatic carbocycles. The highest BCUT2D eigenvalue weighted by atomic mass is 16.5. The third-order valence-electron chi connectivity index (χ3n) is 3.94. The van der Waals surface area contributed by atoms with Crippen LogP contribution in [0, 0.1) is 11.3 Å². The minimum atomic E-state index is 0.535. The molecule has 102 valence electrons. The molecule has 20 heavy (non-hydrogen) atoms. The molecule has 1 aliphatic rings. The van der Waals surface area contributed by atoms with E-state index in [9.17, 15) is 0 Å². The lowest BCUT2D eigenvalue weighted by atomic mass is 10.1. The second-order valence-corrected chi connectivity index (χ2v) is 5.17. The Hall–Kier alpha value is -2.28. The number of rotatable bonds is 3. The molecule has 0 atom stereocenters. The van der Waals surface area contributed by atoms with Crippen molar-refractivity contribution in [1.82, 2.24) is 9.78 Å². The lowest BCUT2D eigenvalue weighted by Gasteiger charge is -2.09. The predicted octanol–water partition coefficient (Wildman–Crippen LogP) is 3.55. The summed E-state index contributed by atoms with van der Waals surface area (Å²) in [6.07, 6.45) is 8.97. The fourth-order valence-electron chi connectivity index (χ4n) is 2.84. The molecule has 0 aliphatic heterocycles. The van der Waals surface area contributed by atoms with Crippen molar-refractivity contribution in [2.24, 2.45) is 0 Å². The fourth-order valence-corrected chi connectivity index (χ4v) is 2.84. The van der Waals surface area contributed by atoms with E-state index in [-0.39, 0.29) is 0 Å². The van der Waals surface area contributed by atoms with E-state index < -0.39 is 0 Å². The molecule has 4 nitrogen and oxygen atoms in total. The van der Waals surface area contributed by atoms with E-state index in [0.29, 0.717) is 11.6 Å². The zero-order chi connectivity index (χ0) is 13.9. The molecule has 4 heteroatoms. The number of nitrogens with zero attached hydrogens (tertiary/aromatic N) is 3. The van der Waals surface area contributed by atoms with Crippen LogP contribution in [0.4, 0.5) is 0 Å². The van der Waals surface area contributed by atoms with E-state index in [1.54, 1.807) is 13.2 Å². The normalized spacial score (nSPS) is 15.2. The van der Waals surface area contributed by atoms with Crippen LogP contribution in [0.15, 0.2) is 30.6 Å². The molecule has 1 saturated carbocycles. The van der Waals surface area contributed by atoms with Crippen LogP contribution >= 0.6 is 0 Å². The highest BCUT2D eigenvalue weighted by Gasteiger charge is 2.18. The maximum atomic E-state index is 8.94. The van der Waals surface area contributed by atoms with Crippen molar-refractivity contribution in [2.75, 3.05) is 7.11 Å². The molecule has 2 aromatic rings. The second kappa shape index (κ2) is 5.38. The lowest BCUT2D eigenvalue weighted by Crippen LogP contribution is -2.04. The van der Waals surface area contributed by atoms with Gasteiger partial charge in [0, 0.05) is 17.3 Å². The number of methoxy groups -OCH3 is 1. The summed E-state index contributed by atoms with van der Waals surface area (Å²) in [6.45, 7) is 0. The Kier molecular flexibility index (Phi) is 3.42. The maximum Gasteiger partial charge on any atom is 0.128 e. The van der Waals surface area contributed by atoms with Crippen LogP contribution in [-0.2, 0) is 0 Å². The molecular formula is C16H17N3O. The van der Waals surface area contributed by atoms with Crippen molar-refractivity contribution in [3.63, 3.8) is 0 Å². The molecule has 0 bridgehead atoms. The molecule has 0 N–H and O–H groups in total. The van der Waals surface area contributed by atoms with Crippen molar-refractivity contribution >= 4 is 0 Å². The van der Waals surface area contributed by atoms with Gasteiger partial charge in [-0.15, -0.1) is 0 Å². The molecule has 3 rings (SSSR count). The van der Waals surface area contributed by atoms with E-state index in [4.69, 9.17) is 10.00 Å². The molecule has 0 unspecified atom stereocenters. The van der Waals surface area contributed by atoms with Gasteiger partial charge in [0.2, 0.25) is 0 Å². The Morgan fingerprint density at radius 2 is 2.15 bits per heavy atom. The van der Waals surface area contributed by atoms with Gasteiger partial charge in [0.05, 0.1) is 31.0 Å². The first-order chi connectivity index (χ1) is 9.81. The molecule has 0 radical (unpaired) electrons. The van der Waals surface area contributed by atoms with Crippen LogP contribution in [0.2, 0.25) is 0 Å². The average Bonchev–Trinajstić information content (AvgIpc) is 3.17. The van der Waals surface area contributed by atoms with E-state index in [1.165, 1.54) is 25.7 Å². The SMILES string of the molecule is COc1cc(C#N)ccc1-c1cnn(C2CCCC2)c1. The Morgan fingerprint density at radius 1 is 1.35 bits per heavy atom. The average molecular weight is 267 g/mol. The van der Waals surface area contributed by atoms with Crippen LogP contribution in [-0.4, -0.2) is 16.9 Å². The number of hydrogen-bond donors (Lipinski definition) is 0. The summed E-state index contributed by atoms with van der Waals surface area (Å²) >= 11 is 0. The van der Waals surface area contributed by atoms with Gasteiger partial charge in [-0.05, 0) is 31.0 Å². The summed E-state index contributed by atoms with van der Waals surface area (Å²) in [5.41, 5.74) is 2.63. The van der Waals surface area contributed by atoms with Gasteiger partial charge < -0.3 is 4.74 Å². The summed E-state index contributed by atoms with van der Waals surface area (Å²) in [5, 5.41) is 13.4. The topological polar surface area (TPSA) is 50.8 Å². The van der Waals surface area contributed by atoms with E-state index in [0.717, 1.165) is 16.9 Å². The first kappa shape index (κ1) is 12.7. The van der Waals surface area contributed by atoms with Gasteiger partial charge in [-0.3, -0.25) is 4.68 Å². The number of benzene rings is 1. The van der Waals surface area contributed by atoms with E-state index >= 15 is 0 Å². The predicted molar refractivity (Wildman–Crippen MR) is 76.4 cm³/mol. The number of aromatic nitrogens is 2. The van der Waals surface area contributed by atoms with Crippen molar-refractivity contribution in [2.45, 2.75) is 31.7 Å². The molecule has 1 aliphatic carbocycles. The Morgan fingerprint density at radius 3 is 2.85 bits per heavy atom. The third kappa shape index (κ3) is 2.27. The molecule has 0 spiro atoms. The van der Waals surface area contributed by atoms with Crippen LogP contribution in [0.25, 0.3) is 11.1 Å². The minimum Gasteiger partial charge on any atom is -0.496 e. The van der Waals surface area contributed by atoms with Gasteiger partial charge >= 0.3 is 0 Å². The maximum absolute atomic E-state index is 8.94. The Bertz CT molecular complexity index is 648. The Balaban J connectivity index is 1.94. The molecule has 1 fully saturated rings. The molecule has 0 saturated heterocycles. The van der Waals surface area contributed by atoms with Gasteiger partial charge in [0.15, 0.2) is 0 Å². The van der Waals surface area contributed by atoms with Crippen LogP contribution in [0.1, 0.15) is 37.3 Å². The van der Waals surface area contributed by atoms with Gasteiger partial charge in [0.25, 0.3) is 0 Å². The quantitative estimate of drug-likeness (QED) is 0.854. The number of nitriles is 1. The molecule has 1 heterocycles. The Labute approximate surface area is 118 Å². The van der Waals surface area contributed by atoms with Crippen molar-refractivity contribution in [3.05, 3.63) is 36.2 Å². The van der Waals surface area contributed by atoms with Gasteiger partial charge in [0.1, 0.15) is 5.75 Å². The summed E-state index contributed by atoms with van der Waals surface area (Å²) in [6, 6.07) is 8.17. The lowest BCUT2D eigenvalue weighted by molar-refractivity contribution is 0.416. The standard InChI is InChI=1S/C16H17N3O/c1-20-16-8-12(9-17)6-7-15(16)13-10-18-19(11-13)14-4-2-3-5-14/h6-8,10-11,14H,2-5H2,1H3. The summed E-state index contributed by atoms with van der Waals surface area (Å²) < 4.78 is 7.46.